The summed E-state index contributed by atoms with van der Waals surface area (Å²) in [4.78, 5) is 15.8. The van der Waals surface area contributed by atoms with Crippen molar-refractivity contribution in [1.82, 2.24) is 10.3 Å². The fourth-order valence-corrected chi connectivity index (χ4v) is 1.57. The van der Waals surface area contributed by atoms with Crippen LogP contribution in [0.25, 0.3) is 0 Å². The summed E-state index contributed by atoms with van der Waals surface area (Å²) in [5.41, 5.74) is 1.75. The zero-order chi connectivity index (χ0) is 11.4. The van der Waals surface area contributed by atoms with Crippen molar-refractivity contribution in [2.75, 3.05) is 25.1 Å². The van der Waals surface area contributed by atoms with Crippen LogP contribution in [0.3, 0.4) is 0 Å². The largest absolute Gasteiger partial charge is 0.378 e. The van der Waals surface area contributed by atoms with Crippen LogP contribution in [-0.4, -0.2) is 36.7 Å². The molecule has 16 heavy (non-hydrogen) atoms. The van der Waals surface area contributed by atoms with E-state index in [1.165, 1.54) is 0 Å². The Hall–Kier alpha value is -1.46. The van der Waals surface area contributed by atoms with Gasteiger partial charge in [-0.1, -0.05) is 0 Å². The number of hydrogen-bond acceptors (Lipinski definition) is 4. The number of pyridine rings is 1. The Morgan fingerprint density at radius 3 is 3.25 bits per heavy atom. The summed E-state index contributed by atoms with van der Waals surface area (Å²) < 4.78 is 5.24. The van der Waals surface area contributed by atoms with Gasteiger partial charge in [-0.25, -0.2) is 0 Å². The van der Waals surface area contributed by atoms with Crippen LogP contribution in [0.1, 0.15) is 5.56 Å². The van der Waals surface area contributed by atoms with E-state index in [1.54, 1.807) is 18.5 Å². The Labute approximate surface area is 94.2 Å². The van der Waals surface area contributed by atoms with Crippen LogP contribution in [0.15, 0.2) is 18.5 Å². The van der Waals surface area contributed by atoms with E-state index in [9.17, 15) is 4.79 Å². The molecule has 2 rings (SSSR count). The third-order valence-corrected chi connectivity index (χ3v) is 2.52. The minimum atomic E-state index is -0.263. The summed E-state index contributed by atoms with van der Waals surface area (Å²) in [6, 6.07) is 1.53. The van der Waals surface area contributed by atoms with Crippen LogP contribution in [-0.2, 0) is 9.53 Å². The number of anilines is 1. The highest BCUT2D eigenvalue weighted by molar-refractivity contribution is 5.95. The molecule has 0 saturated carbocycles. The molecule has 1 aromatic heterocycles. The molecule has 1 atom stereocenters. The lowest BCUT2D eigenvalue weighted by Gasteiger charge is -2.23. The summed E-state index contributed by atoms with van der Waals surface area (Å²) in [6.45, 7) is 3.72. The van der Waals surface area contributed by atoms with E-state index in [1.807, 2.05) is 6.92 Å². The van der Waals surface area contributed by atoms with Crippen molar-refractivity contribution < 1.29 is 9.53 Å². The molecule has 2 N–H and O–H groups in total. The minimum absolute atomic E-state index is 0.0611. The Bertz CT molecular complexity index is 375. The molecule has 2 heterocycles. The summed E-state index contributed by atoms with van der Waals surface area (Å²) in [5.74, 6) is -0.0611. The van der Waals surface area contributed by atoms with Crippen molar-refractivity contribution in [2.24, 2.45) is 0 Å². The second-order valence-corrected chi connectivity index (χ2v) is 3.76. The summed E-state index contributed by atoms with van der Waals surface area (Å²) >= 11 is 0. The number of carbonyl (C=O) groups excluding carboxylic acids is 1. The predicted molar refractivity (Wildman–Crippen MR) is 60.2 cm³/mol. The minimum Gasteiger partial charge on any atom is -0.378 e. The molecule has 0 bridgehead atoms. The first kappa shape index (κ1) is 11.0. The molecule has 1 aliphatic rings. The maximum atomic E-state index is 11.8. The molecule has 1 fully saturated rings. The van der Waals surface area contributed by atoms with Crippen molar-refractivity contribution in [1.29, 1.82) is 0 Å². The van der Waals surface area contributed by atoms with E-state index in [0.717, 1.165) is 11.3 Å². The summed E-state index contributed by atoms with van der Waals surface area (Å²) in [5, 5.41) is 5.96. The van der Waals surface area contributed by atoms with Gasteiger partial charge in [0.25, 0.3) is 0 Å². The van der Waals surface area contributed by atoms with Gasteiger partial charge in [0.2, 0.25) is 5.91 Å². The molecule has 1 aliphatic heterocycles. The molecule has 0 aromatic carbocycles. The van der Waals surface area contributed by atoms with Gasteiger partial charge in [0.15, 0.2) is 0 Å². The van der Waals surface area contributed by atoms with Gasteiger partial charge in [-0.3, -0.25) is 9.78 Å². The number of morpholine rings is 1. The highest BCUT2D eigenvalue weighted by Gasteiger charge is 2.21. The van der Waals surface area contributed by atoms with E-state index in [2.05, 4.69) is 15.6 Å². The third-order valence-electron chi connectivity index (χ3n) is 2.52. The average Bonchev–Trinajstić information content (AvgIpc) is 2.33. The molecule has 0 spiro atoms. The number of hydrogen-bond donors (Lipinski definition) is 2. The van der Waals surface area contributed by atoms with Crippen molar-refractivity contribution in [3.05, 3.63) is 24.0 Å². The molecule has 86 valence electrons. The van der Waals surface area contributed by atoms with Crippen molar-refractivity contribution >= 4 is 11.6 Å². The number of carbonyl (C=O) groups is 1. The maximum Gasteiger partial charge on any atom is 0.243 e. The van der Waals surface area contributed by atoms with Gasteiger partial charge in [0.1, 0.15) is 6.04 Å². The van der Waals surface area contributed by atoms with Gasteiger partial charge in [0.05, 0.1) is 13.2 Å². The molecule has 1 amide bonds. The van der Waals surface area contributed by atoms with Gasteiger partial charge in [0, 0.05) is 24.6 Å². The van der Waals surface area contributed by atoms with Crippen LogP contribution in [0.5, 0.6) is 0 Å². The van der Waals surface area contributed by atoms with E-state index < -0.39 is 0 Å². The van der Waals surface area contributed by atoms with Gasteiger partial charge in [-0.2, -0.15) is 0 Å². The topological polar surface area (TPSA) is 63.2 Å². The first-order valence-electron chi connectivity index (χ1n) is 5.30. The quantitative estimate of drug-likeness (QED) is 0.754. The second kappa shape index (κ2) is 5.05. The SMILES string of the molecule is Cc1cnccc1NC(=O)C1COCCN1. The highest BCUT2D eigenvalue weighted by Crippen LogP contribution is 2.12. The monoisotopic (exact) mass is 221 g/mol. The molecule has 5 nitrogen and oxygen atoms in total. The molecule has 5 heteroatoms. The Morgan fingerprint density at radius 1 is 1.69 bits per heavy atom. The number of rotatable bonds is 2. The third kappa shape index (κ3) is 2.56. The van der Waals surface area contributed by atoms with Crippen molar-refractivity contribution in [3.8, 4) is 0 Å². The number of aromatic nitrogens is 1. The van der Waals surface area contributed by atoms with E-state index in [4.69, 9.17) is 4.74 Å². The molecular weight excluding hydrogens is 206 g/mol. The van der Waals surface area contributed by atoms with Crippen LogP contribution < -0.4 is 10.6 Å². The second-order valence-electron chi connectivity index (χ2n) is 3.76. The summed E-state index contributed by atoms with van der Waals surface area (Å²) in [6.07, 6.45) is 3.38. The molecule has 0 radical (unpaired) electrons. The first-order valence-corrected chi connectivity index (χ1v) is 5.30. The number of ether oxygens (including phenoxy) is 1. The lowest BCUT2D eigenvalue weighted by atomic mass is 10.2. The smallest absolute Gasteiger partial charge is 0.243 e. The van der Waals surface area contributed by atoms with E-state index in [-0.39, 0.29) is 11.9 Å². The van der Waals surface area contributed by atoms with Crippen LogP contribution in [0.2, 0.25) is 0 Å². The Balaban J connectivity index is 1.99. The van der Waals surface area contributed by atoms with Crippen molar-refractivity contribution in [3.63, 3.8) is 0 Å². The van der Waals surface area contributed by atoms with E-state index >= 15 is 0 Å². The van der Waals surface area contributed by atoms with Crippen LogP contribution >= 0.6 is 0 Å². The molecule has 1 saturated heterocycles. The molecular formula is C11H15N3O2. The van der Waals surface area contributed by atoms with Gasteiger partial charge in [-0.15, -0.1) is 0 Å². The number of amides is 1. The number of nitrogens with one attached hydrogen (secondary N) is 2. The number of nitrogens with zero attached hydrogens (tertiary/aromatic N) is 1. The normalized spacial score (nSPS) is 20.4. The zero-order valence-electron chi connectivity index (χ0n) is 9.19. The van der Waals surface area contributed by atoms with Gasteiger partial charge in [-0.05, 0) is 18.6 Å². The molecule has 1 aromatic rings. The van der Waals surface area contributed by atoms with Crippen LogP contribution in [0, 0.1) is 6.92 Å². The molecule has 0 aliphatic carbocycles. The Morgan fingerprint density at radius 2 is 2.56 bits per heavy atom. The highest BCUT2D eigenvalue weighted by atomic mass is 16.5. The maximum absolute atomic E-state index is 11.8. The van der Waals surface area contributed by atoms with Crippen molar-refractivity contribution in [2.45, 2.75) is 13.0 Å². The predicted octanol–water partition coefficient (Wildman–Crippen LogP) is 0.317. The average molecular weight is 221 g/mol. The van der Waals surface area contributed by atoms with Gasteiger partial charge < -0.3 is 15.4 Å². The fourth-order valence-electron chi connectivity index (χ4n) is 1.57. The zero-order valence-corrected chi connectivity index (χ0v) is 9.19. The lowest BCUT2D eigenvalue weighted by molar-refractivity contribution is -0.120. The standard InChI is InChI=1S/C11H15N3O2/c1-8-6-12-3-2-9(8)14-11(15)10-7-16-5-4-13-10/h2-3,6,10,13H,4-5,7H2,1H3,(H,12,14,15). The summed E-state index contributed by atoms with van der Waals surface area (Å²) in [7, 11) is 0. The van der Waals surface area contributed by atoms with Crippen LogP contribution in [0.4, 0.5) is 5.69 Å². The van der Waals surface area contributed by atoms with E-state index in [0.29, 0.717) is 19.8 Å². The number of aryl methyl sites for hydroxylation is 1. The Kier molecular flexibility index (Phi) is 3.48. The molecule has 1 unspecified atom stereocenters. The van der Waals surface area contributed by atoms with Gasteiger partial charge >= 0.3 is 0 Å². The fraction of sp³-hybridized carbons (Fsp3) is 0.455. The lowest BCUT2D eigenvalue weighted by Crippen LogP contribution is -2.48. The first-order chi connectivity index (χ1) is 7.77.